The molecule has 0 aliphatic heterocycles. The summed E-state index contributed by atoms with van der Waals surface area (Å²) in [5.41, 5.74) is 10.9. The SMILES string of the molecule is c1ccc2nc(-n3c4ccccc4c4c5c6ccccc6n(-c6nc7ccccc7nc6-c6cccc7c6oc6ccccc67)c5ccc43)cnc2c1. The van der Waals surface area contributed by atoms with Crippen molar-refractivity contribution in [2.24, 2.45) is 0 Å². The van der Waals surface area contributed by atoms with Crippen LogP contribution in [0.4, 0.5) is 0 Å². The first-order valence-electron chi connectivity index (χ1n) is 17.7. The number of rotatable bonds is 3. The summed E-state index contributed by atoms with van der Waals surface area (Å²) in [6.07, 6.45) is 1.87. The van der Waals surface area contributed by atoms with Crippen molar-refractivity contribution in [1.82, 2.24) is 29.1 Å². The van der Waals surface area contributed by atoms with Gasteiger partial charge in [0.05, 0.1) is 50.3 Å². The first-order chi connectivity index (χ1) is 26.3. The number of furan rings is 1. The van der Waals surface area contributed by atoms with E-state index in [-0.39, 0.29) is 0 Å². The van der Waals surface area contributed by atoms with Crippen molar-refractivity contribution in [1.29, 1.82) is 0 Å². The lowest BCUT2D eigenvalue weighted by atomic mass is 10.1. The highest BCUT2D eigenvalue weighted by molar-refractivity contribution is 6.29. The Morgan fingerprint density at radius 2 is 0.981 bits per heavy atom. The molecular formula is C46H26N6O. The summed E-state index contributed by atoms with van der Waals surface area (Å²) in [6.45, 7) is 0. The van der Waals surface area contributed by atoms with Crippen molar-refractivity contribution < 1.29 is 4.42 Å². The molecule has 7 heteroatoms. The molecule has 0 spiro atoms. The van der Waals surface area contributed by atoms with Crippen LogP contribution in [-0.4, -0.2) is 29.1 Å². The number of hydrogen-bond acceptors (Lipinski definition) is 5. The van der Waals surface area contributed by atoms with Gasteiger partial charge in [0.2, 0.25) is 0 Å². The second-order valence-electron chi connectivity index (χ2n) is 13.4. The van der Waals surface area contributed by atoms with Crippen molar-refractivity contribution in [2.45, 2.75) is 0 Å². The van der Waals surface area contributed by atoms with Crippen LogP contribution in [0, 0.1) is 0 Å². The van der Waals surface area contributed by atoms with Gasteiger partial charge in [0.25, 0.3) is 0 Å². The number of benzene rings is 7. The Labute approximate surface area is 301 Å². The third-order valence-corrected chi connectivity index (χ3v) is 10.6. The lowest BCUT2D eigenvalue weighted by Crippen LogP contribution is -2.04. The minimum absolute atomic E-state index is 0.742. The molecule has 7 nitrogen and oxygen atoms in total. The lowest BCUT2D eigenvalue weighted by molar-refractivity contribution is 0.669. The maximum Gasteiger partial charge on any atom is 0.165 e. The molecule has 12 aromatic rings. The molecule has 246 valence electrons. The molecule has 0 saturated carbocycles. The molecule has 0 aliphatic rings. The quantitative estimate of drug-likeness (QED) is 0.186. The van der Waals surface area contributed by atoms with Crippen molar-refractivity contribution in [3.63, 3.8) is 0 Å². The fraction of sp³-hybridized carbons (Fsp3) is 0. The first-order valence-corrected chi connectivity index (χ1v) is 17.7. The molecule has 7 aromatic carbocycles. The summed E-state index contributed by atoms with van der Waals surface area (Å²) in [7, 11) is 0. The van der Waals surface area contributed by atoms with E-state index < -0.39 is 0 Å². The van der Waals surface area contributed by atoms with Gasteiger partial charge in [-0.05, 0) is 60.7 Å². The van der Waals surface area contributed by atoms with Gasteiger partial charge in [0.1, 0.15) is 16.9 Å². The van der Waals surface area contributed by atoms with E-state index in [0.717, 1.165) is 111 Å². The highest BCUT2D eigenvalue weighted by Crippen LogP contribution is 2.44. The largest absolute Gasteiger partial charge is 0.455 e. The Morgan fingerprint density at radius 1 is 0.415 bits per heavy atom. The standard InChI is InChI=1S/C46H26N6O/c1-8-21-36-29(13-1)42-38(51(36)41-26-47-32-17-4-5-18-33(32)48-41)24-25-39-43(42)30-14-2-9-22-37(30)52(39)46-44(49-34-19-6-7-20-35(34)50-46)31-16-11-15-28-27-12-3-10-23-40(27)53-45(28)31/h1-26H. The maximum atomic E-state index is 6.58. The van der Waals surface area contributed by atoms with Crippen LogP contribution in [0.1, 0.15) is 0 Å². The molecule has 0 fully saturated rings. The summed E-state index contributed by atoms with van der Waals surface area (Å²) >= 11 is 0. The van der Waals surface area contributed by atoms with Gasteiger partial charge in [-0.1, -0.05) is 91.0 Å². The predicted octanol–water partition coefficient (Wildman–Crippen LogP) is 11.3. The average molecular weight is 679 g/mol. The Balaban J connectivity index is 1.22. The normalized spacial score (nSPS) is 12.2. The van der Waals surface area contributed by atoms with E-state index in [0.29, 0.717) is 0 Å². The molecule has 5 heterocycles. The third kappa shape index (κ3) is 3.93. The zero-order valence-electron chi connectivity index (χ0n) is 28.1. The fourth-order valence-corrected chi connectivity index (χ4v) is 8.31. The van der Waals surface area contributed by atoms with Crippen molar-refractivity contribution in [3.05, 3.63) is 158 Å². The Bertz CT molecular complexity index is 3480. The van der Waals surface area contributed by atoms with Gasteiger partial charge in [-0.3, -0.25) is 14.1 Å². The molecule has 53 heavy (non-hydrogen) atoms. The van der Waals surface area contributed by atoms with Crippen LogP contribution in [0.25, 0.3) is 111 Å². The molecule has 0 unspecified atom stereocenters. The van der Waals surface area contributed by atoms with Crippen LogP contribution in [0.5, 0.6) is 0 Å². The summed E-state index contributed by atoms with van der Waals surface area (Å²) in [4.78, 5) is 20.7. The van der Waals surface area contributed by atoms with Crippen LogP contribution in [0.2, 0.25) is 0 Å². The number of hydrogen-bond donors (Lipinski definition) is 0. The minimum atomic E-state index is 0.742. The molecular weight excluding hydrogens is 653 g/mol. The highest BCUT2D eigenvalue weighted by Gasteiger charge is 2.25. The van der Waals surface area contributed by atoms with Crippen LogP contribution in [0.3, 0.4) is 0 Å². The van der Waals surface area contributed by atoms with E-state index in [1.54, 1.807) is 0 Å². The number of fused-ring (bicyclic) bond motifs is 12. The summed E-state index contributed by atoms with van der Waals surface area (Å²) < 4.78 is 11.1. The molecule has 5 aromatic heterocycles. The molecule has 0 radical (unpaired) electrons. The van der Waals surface area contributed by atoms with Crippen LogP contribution < -0.4 is 0 Å². The van der Waals surface area contributed by atoms with Gasteiger partial charge in [-0.25, -0.2) is 15.0 Å². The Kier molecular flexibility index (Phi) is 5.65. The number of nitrogens with zero attached hydrogens (tertiary/aromatic N) is 6. The highest BCUT2D eigenvalue weighted by atomic mass is 16.3. The second kappa shape index (κ2) is 10.6. The second-order valence-corrected chi connectivity index (χ2v) is 13.4. The molecule has 12 rings (SSSR count). The Hall–Kier alpha value is -7.38. The van der Waals surface area contributed by atoms with Crippen LogP contribution in [-0.2, 0) is 0 Å². The van der Waals surface area contributed by atoms with E-state index in [1.165, 1.54) is 0 Å². The van der Waals surface area contributed by atoms with Crippen molar-refractivity contribution in [2.75, 3.05) is 0 Å². The molecule has 0 atom stereocenters. The van der Waals surface area contributed by atoms with Crippen LogP contribution >= 0.6 is 0 Å². The summed E-state index contributed by atoms with van der Waals surface area (Å²) in [6, 6.07) is 52.1. The van der Waals surface area contributed by atoms with Crippen molar-refractivity contribution in [3.8, 4) is 22.9 Å². The first kappa shape index (κ1) is 28.3. The van der Waals surface area contributed by atoms with Crippen molar-refractivity contribution >= 4 is 87.6 Å². The van der Waals surface area contributed by atoms with Gasteiger partial charge >= 0.3 is 0 Å². The fourth-order valence-electron chi connectivity index (χ4n) is 8.31. The smallest absolute Gasteiger partial charge is 0.165 e. The van der Waals surface area contributed by atoms with Gasteiger partial charge in [0.15, 0.2) is 11.6 Å². The summed E-state index contributed by atoms with van der Waals surface area (Å²) in [5.74, 6) is 1.52. The third-order valence-electron chi connectivity index (χ3n) is 10.6. The van der Waals surface area contributed by atoms with E-state index in [9.17, 15) is 0 Å². The van der Waals surface area contributed by atoms with E-state index in [1.807, 2.05) is 72.9 Å². The zero-order valence-corrected chi connectivity index (χ0v) is 28.1. The van der Waals surface area contributed by atoms with Crippen LogP contribution in [0.15, 0.2) is 162 Å². The van der Waals surface area contributed by atoms with Gasteiger partial charge in [-0.2, -0.15) is 0 Å². The van der Waals surface area contributed by atoms with Gasteiger partial charge in [0, 0.05) is 37.9 Å². The predicted molar refractivity (Wildman–Crippen MR) is 214 cm³/mol. The molecule has 0 amide bonds. The summed E-state index contributed by atoms with van der Waals surface area (Å²) in [5, 5.41) is 6.69. The molecule has 0 aliphatic carbocycles. The molecule has 0 bridgehead atoms. The monoisotopic (exact) mass is 678 g/mol. The van der Waals surface area contributed by atoms with Gasteiger partial charge in [-0.15, -0.1) is 0 Å². The van der Waals surface area contributed by atoms with Gasteiger partial charge < -0.3 is 4.42 Å². The minimum Gasteiger partial charge on any atom is -0.455 e. The zero-order chi connectivity index (χ0) is 34.6. The number of para-hydroxylation sites is 8. The van der Waals surface area contributed by atoms with E-state index >= 15 is 0 Å². The topological polar surface area (TPSA) is 74.6 Å². The lowest BCUT2D eigenvalue weighted by Gasteiger charge is -2.14. The van der Waals surface area contributed by atoms with E-state index in [2.05, 4.69) is 94.1 Å². The number of aromatic nitrogens is 6. The molecule has 0 N–H and O–H groups in total. The molecule has 0 saturated heterocycles. The van der Waals surface area contributed by atoms with E-state index in [4.69, 9.17) is 24.4 Å². The average Bonchev–Trinajstić information content (AvgIpc) is 3.88. The maximum absolute atomic E-state index is 6.58. The Morgan fingerprint density at radius 3 is 1.74 bits per heavy atom.